The second-order valence-corrected chi connectivity index (χ2v) is 7.59. The molecule has 9 heteroatoms. The summed E-state index contributed by atoms with van der Waals surface area (Å²) < 4.78 is 10.1. The van der Waals surface area contributed by atoms with Crippen molar-refractivity contribution in [2.24, 2.45) is 0 Å². The molecular weight excluding hydrogens is 414 g/mol. The maximum Gasteiger partial charge on any atom is 0.411 e. The molecule has 2 aromatic rings. The molecule has 0 saturated carbocycles. The molecule has 2 aromatic carbocycles. The fourth-order valence-electron chi connectivity index (χ4n) is 4.05. The Hall–Kier alpha value is -4.01. The number of carbonyl (C=O) groups excluding carboxylic acids is 3. The third kappa shape index (κ3) is 3.62. The van der Waals surface area contributed by atoms with E-state index in [-0.39, 0.29) is 42.0 Å². The molecule has 0 unspecified atom stereocenters. The van der Waals surface area contributed by atoms with E-state index in [4.69, 9.17) is 9.47 Å². The van der Waals surface area contributed by atoms with Crippen LogP contribution in [0.1, 0.15) is 21.5 Å². The minimum atomic E-state index is -0.683. The number of nitrogens with one attached hydrogen (secondary N) is 1. The van der Waals surface area contributed by atoms with Gasteiger partial charge in [0.25, 0.3) is 5.91 Å². The van der Waals surface area contributed by atoms with Gasteiger partial charge in [-0.05, 0) is 29.3 Å². The van der Waals surface area contributed by atoms with E-state index in [0.717, 1.165) is 11.1 Å². The first-order chi connectivity index (χ1) is 15.3. The van der Waals surface area contributed by atoms with E-state index in [1.54, 1.807) is 19.2 Å². The van der Waals surface area contributed by atoms with Gasteiger partial charge in [0.15, 0.2) is 11.5 Å². The van der Waals surface area contributed by atoms with Crippen LogP contribution in [0.4, 0.5) is 16.2 Å². The number of hydrogen-bond acceptors (Lipinski definition) is 6. The lowest BCUT2D eigenvalue weighted by molar-refractivity contribution is -0.123. The number of aromatic hydroxyl groups is 1. The molecule has 4 rings (SSSR count). The first-order valence-corrected chi connectivity index (χ1v) is 10.00. The Morgan fingerprint density at radius 2 is 2.06 bits per heavy atom. The number of nitrogens with zero attached hydrogens (tertiary/aromatic N) is 2. The van der Waals surface area contributed by atoms with Crippen molar-refractivity contribution < 1.29 is 29.0 Å². The standard InChI is InChI=1S/C23H23N3O6/c1-4-7-32-23(30)24-15-6-5-13-9-18-22(29)25(2)17-11-19(27)20(31-3)10-16(17)21(28)26(18)12-14(13)8-15/h4-6,8,10-11,18,27H,1,7,9,12H2,2-3H3,(H,24,30)/t18-/m0/s1. The molecule has 0 spiro atoms. The maximum atomic E-state index is 13.4. The normalized spacial score (nSPS) is 17.0. The highest BCUT2D eigenvalue weighted by molar-refractivity contribution is 6.11. The van der Waals surface area contributed by atoms with Crippen LogP contribution >= 0.6 is 0 Å². The molecule has 0 fully saturated rings. The fraction of sp³-hybridized carbons (Fsp3) is 0.261. The van der Waals surface area contributed by atoms with E-state index < -0.39 is 12.1 Å². The molecule has 2 N–H and O–H groups in total. The number of carbonyl (C=O) groups is 3. The number of amides is 3. The van der Waals surface area contributed by atoms with Gasteiger partial charge >= 0.3 is 6.09 Å². The van der Waals surface area contributed by atoms with E-state index in [0.29, 0.717) is 17.8 Å². The van der Waals surface area contributed by atoms with Crippen LogP contribution in [0.5, 0.6) is 11.5 Å². The van der Waals surface area contributed by atoms with Crippen LogP contribution in [-0.4, -0.2) is 54.7 Å². The number of phenols is 1. The largest absolute Gasteiger partial charge is 0.504 e. The first-order valence-electron chi connectivity index (χ1n) is 10.00. The van der Waals surface area contributed by atoms with Gasteiger partial charge in [0.1, 0.15) is 12.6 Å². The van der Waals surface area contributed by atoms with Crippen LogP contribution in [0.25, 0.3) is 0 Å². The summed E-state index contributed by atoms with van der Waals surface area (Å²) in [7, 11) is 2.98. The number of fused-ring (bicyclic) bond motifs is 3. The van der Waals surface area contributed by atoms with Crippen LogP contribution in [0.3, 0.4) is 0 Å². The minimum absolute atomic E-state index is 0.0921. The van der Waals surface area contributed by atoms with Crippen LogP contribution in [0, 0.1) is 0 Å². The Labute approximate surface area is 184 Å². The summed E-state index contributed by atoms with van der Waals surface area (Å²) in [5.41, 5.74) is 2.85. The summed E-state index contributed by atoms with van der Waals surface area (Å²) in [6.07, 6.45) is 1.20. The van der Waals surface area contributed by atoms with Crippen LogP contribution in [0.15, 0.2) is 43.0 Å². The lowest BCUT2D eigenvalue weighted by Gasteiger charge is -2.35. The molecule has 0 bridgehead atoms. The summed E-state index contributed by atoms with van der Waals surface area (Å²) in [4.78, 5) is 41.4. The van der Waals surface area contributed by atoms with Crippen molar-refractivity contribution in [1.82, 2.24) is 4.90 Å². The molecule has 2 aliphatic heterocycles. The third-order valence-electron chi connectivity index (χ3n) is 5.68. The molecule has 0 saturated heterocycles. The fourth-order valence-corrected chi connectivity index (χ4v) is 4.05. The summed E-state index contributed by atoms with van der Waals surface area (Å²) in [5, 5.41) is 12.8. The zero-order valence-corrected chi connectivity index (χ0v) is 17.8. The van der Waals surface area contributed by atoms with Gasteiger partial charge in [-0.3, -0.25) is 14.9 Å². The Bertz CT molecular complexity index is 1130. The first kappa shape index (κ1) is 21.2. The molecule has 3 amide bonds. The highest BCUT2D eigenvalue weighted by atomic mass is 16.5. The van der Waals surface area contributed by atoms with Crippen molar-refractivity contribution in [3.8, 4) is 11.5 Å². The van der Waals surface area contributed by atoms with E-state index in [1.165, 1.54) is 35.1 Å². The van der Waals surface area contributed by atoms with Crippen molar-refractivity contribution in [2.45, 2.75) is 19.0 Å². The third-order valence-corrected chi connectivity index (χ3v) is 5.68. The average molecular weight is 437 g/mol. The number of hydrogen-bond donors (Lipinski definition) is 2. The number of phenolic OH excluding ortho intramolecular Hbond substituents is 1. The number of likely N-dealkylation sites (N-methyl/N-ethyl adjacent to an activating group) is 1. The smallest absolute Gasteiger partial charge is 0.411 e. The molecule has 0 aromatic heterocycles. The summed E-state index contributed by atoms with van der Waals surface area (Å²) in [6, 6.07) is 7.46. The van der Waals surface area contributed by atoms with E-state index in [9.17, 15) is 19.5 Å². The molecule has 9 nitrogen and oxygen atoms in total. The lowest BCUT2D eigenvalue weighted by atomic mass is 9.92. The van der Waals surface area contributed by atoms with Crippen molar-refractivity contribution in [2.75, 3.05) is 31.0 Å². The SMILES string of the molecule is C=CCOC(=O)Nc1ccc2c(c1)CN1C(=O)c3cc(OC)c(O)cc3N(C)C(=O)[C@@H]1C2. The van der Waals surface area contributed by atoms with Gasteiger partial charge in [0, 0.05) is 31.8 Å². The number of rotatable bonds is 4. The molecule has 2 aliphatic rings. The molecule has 2 heterocycles. The van der Waals surface area contributed by atoms with Gasteiger partial charge in [-0.2, -0.15) is 0 Å². The Kier molecular flexibility index (Phi) is 5.48. The molecule has 32 heavy (non-hydrogen) atoms. The second kappa shape index (κ2) is 8.26. The van der Waals surface area contributed by atoms with Gasteiger partial charge < -0.3 is 24.4 Å². The van der Waals surface area contributed by atoms with E-state index in [2.05, 4.69) is 11.9 Å². The highest BCUT2D eigenvalue weighted by Crippen LogP contribution is 2.39. The number of anilines is 2. The van der Waals surface area contributed by atoms with Crippen molar-refractivity contribution in [3.05, 3.63) is 59.7 Å². The second-order valence-electron chi connectivity index (χ2n) is 7.59. The lowest BCUT2D eigenvalue weighted by Crippen LogP contribution is -2.50. The molecule has 166 valence electrons. The Morgan fingerprint density at radius 1 is 1.28 bits per heavy atom. The summed E-state index contributed by atoms with van der Waals surface area (Å²) in [6.45, 7) is 3.78. The minimum Gasteiger partial charge on any atom is -0.504 e. The number of ether oxygens (including phenoxy) is 2. The average Bonchev–Trinajstić information content (AvgIpc) is 2.86. The molecule has 0 radical (unpaired) electrons. The predicted molar refractivity (Wildman–Crippen MR) is 117 cm³/mol. The van der Waals surface area contributed by atoms with Gasteiger partial charge in [0.05, 0.1) is 18.4 Å². The number of benzene rings is 2. The summed E-state index contributed by atoms with van der Waals surface area (Å²) in [5.74, 6) is -0.586. The van der Waals surface area contributed by atoms with Crippen molar-refractivity contribution >= 4 is 29.3 Å². The zero-order valence-electron chi connectivity index (χ0n) is 17.8. The van der Waals surface area contributed by atoms with E-state index in [1.807, 2.05) is 6.07 Å². The number of methoxy groups -OCH3 is 1. The van der Waals surface area contributed by atoms with E-state index >= 15 is 0 Å². The van der Waals surface area contributed by atoms with Gasteiger partial charge in [-0.25, -0.2) is 4.79 Å². The molecular formula is C23H23N3O6. The van der Waals surface area contributed by atoms with Crippen molar-refractivity contribution in [1.29, 1.82) is 0 Å². The van der Waals surface area contributed by atoms with Gasteiger partial charge in [0.2, 0.25) is 5.91 Å². The van der Waals surface area contributed by atoms with Crippen LogP contribution in [-0.2, 0) is 22.5 Å². The predicted octanol–water partition coefficient (Wildman–Crippen LogP) is 2.68. The maximum absolute atomic E-state index is 13.4. The van der Waals surface area contributed by atoms with Crippen molar-refractivity contribution in [3.63, 3.8) is 0 Å². The Balaban J connectivity index is 1.68. The van der Waals surface area contributed by atoms with Gasteiger partial charge in [-0.1, -0.05) is 18.7 Å². The van der Waals surface area contributed by atoms with Crippen LogP contribution < -0.4 is 15.0 Å². The zero-order chi connectivity index (χ0) is 23.0. The highest BCUT2D eigenvalue weighted by Gasteiger charge is 2.41. The monoisotopic (exact) mass is 437 g/mol. The Morgan fingerprint density at radius 3 is 2.78 bits per heavy atom. The summed E-state index contributed by atoms with van der Waals surface area (Å²) >= 11 is 0. The molecule has 1 atom stereocenters. The van der Waals surface area contributed by atoms with Gasteiger partial charge in [-0.15, -0.1) is 0 Å². The van der Waals surface area contributed by atoms with Crippen LogP contribution in [0.2, 0.25) is 0 Å². The molecule has 0 aliphatic carbocycles. The quantitative estimate of drug-likeness (QED) is 0.712. The topological polar surface area (TPSA) is 108 Å².